The number of hydrogen-bond acceptors (Lipinski definition) is 4. The van der Waals surface area contributed by atoms with Crippen molar-refractivity contribution in [3.63, 3.8) is 0 Å². The lowest BCUT2D eigenvalue weighted by molar-refractivity contribution is -0.131. The van der Waals surface area contributed by atoms with E-state index in [9.17, 15) is 14.4 Å². The van der Waals surface area contributed by atoms with E-state index < -0.39 is 17.5 Å². The zero-order chi connectivity index (χ0) is 15.9. The average Bonchev–Trinajstić information content (AvgIpc) is 3.17. The van der Waals surface area contributed by atoms with E-state index in [0.29, 0.717) is 11.5 Å². The first-order valence-corrected chi connectivity index (χ1v) is 6.76. The predicted molar refractivity (Wildman–Crippen MR) is 76.0 cm³/mol. The Morgan fingerprint density at radius 2 is 2.09 bits per heavy atom. The number of Topliss-reactive ketones (excluding diaryl/α,β-unsaturated/α-hetero) is 1. The van der Waals surface area contributed by atoms with Crippen molar-refractivity contribution in [2.75, 3.05) is 6.54 Å². The summed E-state index contributed by atoms with van der Waals surface area (Å²) in [7, 11) is 1.73. The molecule has 114 valence electrons. The van der Waals surface area contributed by atoms with Gasteiger partial charge in [-0.25, -0.2) is 4.79 Å². The summed E-state index contributed by atoms with van der Waals surface area (Å²) in [6.45, 7) is 1.25. The van der Waals surface area contributed by atoms with Crippen molar-refractivity contribution in [3.05, 3.63) is 48.2 Å². The monoisotopic (exact) mass is 301 g/mol. The van der Waals surface area contributed by atoms with Crippen molar-refractivity contribution in [1.82, 2.24) is 14.8 Å². The molecule has 7 nitrogen and oxygen atoms in total. The Morgan fingerprint density at radius 3 is 2.68 bits per heavy atom. The summed E-state index contributed by atoms with van der Waals surface area (Å²) in [6, 6.07) is 6.02. The van der Waals surface area contributed by atoms with Gasteiger partial charge < -0.3 is 14.3 Å². The van der Waals surface area contributed by atoms with E-state index >= 15 is 0 Å². The number of imide groups is 1. The SMILES string of the molecule is Cn1cccc1C(=O)CN1C(=O)N[C@@](C)(c2ccco2)C1=O. The molecule has 2 aromatic rings. The van der Waals surface area contributed by atoms with E-state index in [1.807, 2.05) is 0 Å². The summed E-state index contributed by atoms with van der Waals surface area (Å²) in [5.74, 6) is -0.477. The van der Waals surface area contributed by atoms with Gasteiger partial charge in [-0.05, 0) is 31.2 Å². The second kappa shape index (κ2) is 4.87. The van der Waals surface area contributed by atoms with Gasteiger partial charge in [-0.3, -0.25) is 14.5 Å². The second-order valence-electron chi connectivity index (χ2n) is 5.35. The highest BCUT2D eigenvalue weighted by Crippen LogP contribution is 2.29. The van der Waals surface area contributed by atoms with Crippen LogP contribution in [0.3, 0.4) is 0 Å². The zero-order valence-electron chi connectivity index (χ0n) is 12.2. The number of aromatic nitrogens is 1. The van der Waals surface area contributed by atoms with Crippen molar-refractivity contribution in [2.24, 2.45) is 7.05 Å². The van der Waals surface area contributed by atoms with E-state index in [4.69, 9.17) is 4.42 Å². The van der Waals surface area contributed by atoms with Crippen LogP contribution in [-0.4, -0.2) is 33.7 Å². The van der Waals surface area contributed by atoms with E-state index in [2.05, 4.69) is 5.32 Å². The molecule has 3 amide bonds. The molecule has 1 N–H and O–H groups in total. The topological polar surface area (TPSA) is 84.6 Å². The molecule has 3 rings (SSSR count). The molecular formula is C15H15N3O4. The summed E-state index contributed by atoms with van der Waals surface area (Å²) < 4.78 is 6.88. The Kier molecular flexibility index (Phi) is 3.13. The summed E-state index contributed by atoms with van der Waals surface area (Å²) in [4.78, 5) is 37.8. The van der Waals surface area contributed by atoms with Crippen LogP contribution in [0.25, 0.3) is 0 Å². The molecule has 1 fully saturated rings. The van der Waals surface area contributed by atoms with Gasteiger partial charge in [-0.15, -0.1) is 0 Å². The number of hydrogen-bond donors (Lipinski definition) is 1. The molecule has 7 heteroatoms. The Hall–Kier alpha value is -2.83. The lowest BCUT2D eigenvalue weighted by atomic mass is 9.99. The third-order valence-corrected chi connectivity index (χ3v) is 3.82. The molecule has 0 spiro atoms. The van der Waals surface area contributed by atoms with Crippen LogP contribution >= 0.6 is 0 Å². The molecular weight excluding hydrogens is 286 g/mol. The highest BCUT2D eigenvalue weighted by molar-refractivity contribution is 6.10. The third-order valence-electron chi connectivity index (χ3n) is 3.82. The van der Waals surface area contributed by atoms with Gasteiger partial charge in [-0.2, -0.15) is 0 Å². The minimum atomic E-state index is -1.28. The second-order valence-corrected chi connectivity index (χ2v) is 5.35. The van der Waals surface area contributed by atoms with Gasteiger partial charge >= 0.3 is 6.03 Å². The highest BCUT2D eigenvalue weighted by atomic mass is 16.3. The zero-order valence-corrected chi connectivity index (χ0v) is 12.2. The normalized spacial score (nSPS) is 21.3. The van der Waals surface area contributed by atoms with Crippen LogP contribution in [0.5, 0.6) is 0 Å². The fourth-order valence-corrected chi connectivity index (χ4v) is 2.55. The standard InChI is InChI=1S/C15H15N3O4/c1-15(12-6-4-8-22-12)13(20)18(14(21)16-15)9-11(19)10-5-3-7-17(10)2/h3-8H,9H2,1-2H3,(H,16,21)/t15-/m0/s1. The van der Waals surface area contributed by atoms with E-state index in [1.54, 1.807) is 49.0 Å². The smallest absolute Gasteiger partial charge is 0.325 e. The number of urea groups is 1. The number of carbonyl (C=O) groups is 3. The number of carbonyl (C=O) groups excluding carboxylic acids is 3. The maximum atomic E-state index is 12.5. The Labute approximate surface area is 126 Å². The summed E-state index contributed by atoms with van der Waals surface area (Å²) >= 11 is 0. The van der Waals surface area contributed by atoms with Crippen LogP contribution in [0.4, 0.5) is 4.79 Å². The minimum absolute atomic E-state index is 0.306. The maximum Gasteiger partial charge on any atom is 0.325 e. The first-order chi connectivity index (χ1) is 10.4. The number of nitrogens with one attached hydrogen (secondary N) is 1. The predicted octanol–water partition coefficient (Wildman–Crippen LogP) is 1.27. The van der Waals surface area contributed by atoms with Crippen LogP contribution in [-0.2, 0) is 17.4 Å². The molecule has 0 unspecified atom stereocenters. The van der Waals surface area contributed by atoms with E-state index in [1.165, 1.54) is 6.26 Å². The van der Waals surface area contributed by atoms with Crippen molar-refractivity contribution >= 4 is 17.7 Å². The molecule has 2 aromatic heterocycles. The lowest BCUT2D eigenvalue weighted by Crippen LogP contribution is -2.41. The van der Waals surface area contributed by atoms with Crippen LogP contribution in [0, 0.1) is 0 Å². The first-order valence-electron chi connectivity index (χ1n) is 6.76. The van der Waals surface area contributed by atoms with Crippen molar-refractivity contribution in [3.8, 4) is 0 Å². The fraction of sp³-hybridized carbons (Fsp3) is 0.267. The molecule has 22 heavy (non-hydrogen) atoms. The molecule has 1 saturated heterocycles. The average molecular weight is 301 g/mol. The number of amides is 3. The molecule has 0 saturated carbocycles. The van der Waals surface area contributed by atoms with E-state index in [0.717, 1.165) is 4.90 Å². The Balaban J connectivity index is 1.84. The first kappa shape index (κ1) is 14.1. The van der Waals surface area contributed by atoms with Gasteiger partial charge in [0.25, 0.3) is 5.91 Å². The minimum Gasteiger partial charge on any atom is -0.466 e. The van der Waals surface area contributed by atoms with Crippen LogP contribution in [0.2, 0.25) is 0 Å². The van der Waals surface area contributed by atoms with Gasteiger partial charge in [0, 0.05) is 13.2 Å². The van der Waals surface area contributed by atoms with Crippen LogP contribution in [0.15, 0.2) is 41.1 Å². The molecule has 0 radical (unpaired) electrons. The summed E-state index contributed by atoms with van der Waals surface area (Å²) in [6.07, 6.45) is 3.16. The molecule has 0 bridgehead atoms. The van der Waals surface area contributed by atoms with Gasteiger partial charge in [0.1, 0.15) is 5.76 Å². The highest BCUT2D eigenvalue weighted by Gasteiger charge is 2.51. The number of nitrogens with zero attached hydrogens (tertiary/aromatic N) is 2. The molecule has 0 aliphatic carbocycles. The third kappa shape index (κ3) is 2.02. The quantitative estimate of drug-likeness (QED) is 0.681. The number of aryl methyl sites for hydroxylation is 1. The van der Waals surface area contributed by atoms with Gasteiger partial charge in [0.2, 0.25) is 0 Å². The van der Waals surface area contributed by atoms with Gasteiger partial charge in [0.15, 0.2) is 11.3 Å². The number of rotatable bonds is 4. The van der Waals surface area contributed by atoms with Gasteiger partial charge in [-0.1, -0.05) is 0 Å². The lowest BCUT2D eigenvalue weighted by Gasteiger charge is -2.18. The van der Waals surface area contributed by atoms with Crippen LogP contribution in [0.1, 0.15) is 23.2 Å². The number of ketones is 1. The van der Waals surface area contributed by atoms with Crippen LogP contribution < -0.4 is 5.32 Å². The van der Waals surface area contributed by atoms with Crippen molar-refractivity contribution in [2.45, 2.75) is 12.5 Å². The number of furan rings is 1. The molecule has 1 atom stereocenters. The molecule has 3 heterocycles. The summed E-state index contributed by atoms with van der Waals surface area (Å²) in [5.41, 5.74) is -0.845. The van der Waals surface area contributed by atoms with E-state index in [-0.39, 0.29) is 12.3 Å². The Morgan fingerprint density at radius 1 is 1.32 bits per heavy atom. The van der Waals surface area contributed by atoms with Crippen molar-refractivity contribution in [1.29, 1.82) is 0 Å². The summed E-state index contributed by atoms with van der Waals surface area (Å²) in [5, 5.41) is 2.58. The van der Waals surface area contributed by atoms with Gasteiger partial charge in [0.05, 0.1) is 18.5 Å². The maximum absolute atomic E-state index is 12.5. The largest absolute Gasteiger partial charge is 0.466 e. The Bertz CT molecular complexity index is 747. The molecule has 1 aliphatic rings. The molecule has 0 aromatic carbocycles. The molecule has 1 aliphatic heterocycles. The van der Waals surface area contributed by atoms with Crippen molar-refractivity contribution < 1.29 is 18.8 Å². The fourth-order valence-electron chi connectivity index (χ4n) is 2.55.